The predicted octanol–water partition coefficient (Wildman–Crippen LogP) is 10.9. The van der Waals surface area contributed by atoms with Gasteiger partial charge in [0.2, 0.25) is 11.9 Å². The maximum Gasteiger partial charge on any atom is 0.513 e. The van der Waals surface area contributed by atoms with Gasteiger partial charge in [0.1, 0.15) is 63.1 Å². The number of thiazole rings is 2. The summed E-state index contributed by atoms with van der Waals surface area (Å²) in [4.78, 5) is 80.7. The van der Waals surface area contributed by atoms with Gasteiger partial charge < -0.3 is 43.8 Å². The Labute approximate surface area is 588 Å². The molecule has 8 aromatic heterocycles. The lowest BCUT2D eigenvalue weighted by atomic mass is 9.93. The van der Waals surface area contributed by atoms with Gasteiger partial charge >= 0.3 is 12.2 Å². The molecule has 2 aliphatic heterocycles. The van der Waals surface area contributed by atoms with Crippen molar-refractivity contribution >= 4 is 63.8 Å². The molecule has 0 bridgehead atoms. The molecule has 1 aromatic carbocycles. The van der Waals surface area contributed by atoms with Crippen molar-refractivity contribution in [3.05, 3.63) is 142 Å². The van der Waals surface area contributed by atoms with Crippen molar-refractivity contribution in [1.82, 2.24) is 69.3 Å². The second-order valence-corrected chi connectivity index (χ2v) is 25.3. The summed E-state index contributed by atoms with van der Waals surface area (Å²) in [6.45, 7) is 12.8. The molecule has 0 unspecified atom stereocenters. The number of carbonyl (C=O) groups excluding carboxylic acids is 4. The Hall–Kier alpha value is -9.82. The molecule has 4 aliphatic rings. The third kappa shape index (κ3) is 19.8. The molecular weight excluding hydrogens is 1380 g/mol. The van der Waals surface area contributed by atoms with E-state index in [1.807, 2.05) is 13.8 Å². The molecule has 0 radical (unpaired) electrons. The average molecular weight is 1450 g/mol. The Morgan fingerprint density at radius 1 is 0.618 bits per heavy atom. The highest BCUT2D eigenvalue weighted by molar-refractivity contribution is 7.13. The maximum atomic E-state index is 14.8. The fourth-order valence-corrected chi connectivity index (χ4v) is 13.1. The van der Waals surface area contributed by atoms with Crippen LogP contribution in [0.5, 0.6) is 5.75 Å². The number of benzene rings is 1. The van der Waals surface area contributed by atoms with E-state index in [1.165, 1.54) is 59.3 Å². The Morgan fingerprint density at radius 3 is 1.58 bits per heavy atom. The van der Waals surface area contributed by atoms with Crippen molar-refractivity contribution < 1.29 is 74.8 Å². The lowest BCUT2D eigenvalue weighted by Crippen LogP contribution is -2.38. The maximum absolute atomic E-state index is 14.8. The van der Waals surface area contributed by atoms with Crippen LogP contribution in [0.15, 0.2) is 96.5 Å². The monoisotopic (exact) mass is 1450 g/mol. The lowest BCUT2D eigenvalue weighted by molar-refractivity contribution is -0.384. The number of anilines is 2. The quantitative estimate of drug-likeness (QED) is 0.0142. The summed E-state index contributed by atoms with van der Waals surface area (Å²) in [5.41, 5.74) is 1.41. The number of non-ortho nitro benzene ring substituents is 1. The number of nitro groups is 1. The molecule has 2 saturated carbocycles. The zero-order valence-corrected chi connectivity index (χ0v) is 57.1. The largest absolute Gasteiger partial charge is 0.513 e. The summed E-state index contributed by atoms with van der Waals surface area (Å²) < 4.78 is 99.1. The number of morpholine rings is 2. The summed E-state index contributed by atoms with van der Waals surface area (Å²) >= 11 is 2.49. The van der Waals surface area contributed by atoms with Gasteiger partial charge in [-0.25, -0.2) is 38.3 Å². The van der Waals surface area contributed by atoms with Gasteiger partial charge in [-0.1, -0.05) is 0 Å². The molecule has 2 saturated heterocycles. The zero-order valence-electron chi connectivity index (χ0n) is 55.5. The summed E-state index contributed by atoms with van der Waals surface area (Å²) in [5.74, 6) is -4.07. The van der Waals surface area contributed by atoms with Crippen LogP contribution < -0.4 is 15.4 Å². The molecular formula is C66H73F4N17O13S2. The second-order valence-electron chi connectivity index (χ2n) is 23.6. The number of amides is 2. The van der Waals surface area contributed by atoms with Gasteiger partial charge in [-0.15, -0.1) is 22.7 Å². The Morgan fingerprint density at radius 2 is 1.11 bits per heavy atom. The van der Waals surface area contributed by atoms with Crippen LogP contribution in [0.2, 0.25) is 0 Å². The second kappa shape index (κ2) is 35.7. The van der Waals surface area contributed by atoms with Gasteiger partial charge in [0.25, 0.3) is 17.5 Å². The number of ether oxygens (including phenoxy) is 7. The number of hydrogen-bond donors (Lipinski definition) is 3. The van der Waals surface area contributed by atoms with E-state index in [-0.39, 0.29) is 94.5 Å². The highest BCUT2D eigenvalue weighted by atomic mass is 32.1. The zero-order chi connectivity index (χ0) is 71.5. The number of halogens is 4. The number of rotatable bonds is 22. The van der Waals surface area contributed by atoms with Crippen LogP contribution in [0.4, 0.5) is 44.2 Å². The fraction of sp³-hybridized carbons (Fsp3) is 0.424. The number of H-pyrrole nitrogens is 1. The molecule has 0 atom stereocenters. The molecule has 9 aromatic rings. The van der Waals surface area contributed by atoms with Crippen molar-refractivity contribution in [1.29, 1.82) is 0 Å². The SMILES string of the molecule is CCOC1CCC(n2cc(NC(=O)c3csc(-c4cn[nH]c4)n3)c(-c3nc(F)ccc3F)n2)CC1.CCOC1CCC(n2cc(NC(=O)c3csc(-c4cnn(C(=O)OCCN5CCOCC5)c4)n3)c(-c3nc(F)ccc3F)n2)CC1.O=C(OCCN1CCOCC1)Oc1ccc([N+](=O)[O-])cc1. The van der Waals surface area contributed by atoms with Gasteiger partial charge in [0.15, 0.2) is 11.6 Å². The van der Waals surface area contributed by atoms with Crippen LogP contribution in [-0.2, 0) is 28.4 Å². The molecule has 0 spiro atoms. The van der Waals surface area contributed by atoms with E-state index in [4.69, 9.17) is 33.2 Å². The molecule has 540 valence electrons. The number of nitrogens with zero attached hydrogens (tertiary/aromatic N) is 14. The van der Waals surface area contributed by atoms with E-state index < -0.39 is 52.5 Å². The van der Waals surface area contributed by atoms with E-state index in [1.54, 1.807) is 44.9 Å². The van der Waals surface area contributed by atoms with Crippen LogP contribution in [0.1, 0.15) is 98.3 Å². The highest BCUT2D eigenvalue weighted by Gasteiger charge is 2.30. The predicted molar refractivity (Wildman–Crippen MR) is 362 cm³/mol. The first kappa shape index (κ1) is 73.4. The molecule has 2 aliphatic carbocycles. The van der Waals surface area contributed by atoms with Crippen LogP contribution in [0, 0.1) is 33.6 Å². The standard InChI is InChI=1S/C30H34F2N8O5S.C23H23F2N7O2S.C13H16N2O6/c1-2-44-21-5-3-20(4-6-21)39-17-23(27(37-39)26-22(31)7-8-25(32)36-26)34-28(41)24-18-46-29(35-24)19-15-33-40(16-19)30(42)45-14-11-38-9-12-43-13-10-38;1-2-34-15-5-3-14(4-6-15)32-11-17(21(31-32)20-16(24)7-8-19(25)30-20)28-22(33)18-12-35-23(29-18)13-9-26-27-10-13;16-13(20-10-7-14-5-8-19-9-6-14)21-12-3-1-11(2-4-12)15(17)18/h7-8,15-18,20-21H,2-6,9-14H2,1H3,(H,34,41);7-12,14-15H,2-6H2,1H3,(H,26,27)(H,28,33);1-4H,5-10H2. The van der Waals surface area contributed by atoms with Crippen LogP contribution in [0.3, 0.4) is 0 Å². The summed E-state index contributed by atoms with van der Waals surface area (Å²) in [6.07, 6.45) is 15.1. The van der Waals surface area contributed by atoms with Gasteiger partial charge in [-0.05, 0) is 102 Å². The van der Waals surface area contributed by atoms with Crippen molar-refractivity contribution in [2.45, 2.75) is 89.5 Å². The minimum absolute atomic E-state index is 0.00815. The van der Waals surface area contributed by atoms with E-state index in [0.717, 1.165) is 112 Å². The number of aromatic amines is 1. The van der Waals surface area contributed by atoms with E-state index in [9.17, 15) is 46.9 Å². The van der Waals surface area contributed by atoms with E-state index >= 15 is 0 Å². The summed E-state index contributed by atoms with van der Waals surface area (Å²) in [6, 6.07) is 9.08. The third-order valence-electron chi connectivity index (χ3n) is 16.8. The molecule has 2 amide bonds. The van der Waals surface area contributed by atoms with Gasteiger partial charge in [-0.3, -0.25) is 44.0 Å². The van der Waals surface area contributed by atoms with Crippen molar-refractivity contribution in [3.8, 4) is 49.7 Å². The van der Waals surface area contributed by atoms with Crippen molar-refractivity contribution in [3.63, 3.8) is 0 Å². The topological polar surface area (TPSA) is 340 Å². The van der Waals surface area contributed by atoms with Gasteiger partial charge in [-0.2, -0.15) is 33.9 Å². The first-order chi connectivity index (χ1) is 49.5. The molecule has 3 N–H and O–H groups in total. The molecule has 4 fully saturated rings. The smallest absolute Gasteiger partial charge is 0.447 e. The minimum Gasteiger partial charge on any atom is -0.447 e. The van der Waals surface area contributed by atoms with Gasteiger partial charge in [0, 0.05) is 111 Å². The first-order valence-corrected chi connectivity index (χ1v) is 34.8. The number of nitrogens with one attached hydrogen (secondary N) is 3. The summed E-state index contributed by atoms with van der Waals surface area (Å²) in [5, 5.41) is 40.0. The van der Waals surface area contributed by atoms with Crippen molar-refractivity contribution in [2.75, 3.05) is 103 Å². The third-order valence-corrected chi connectivity index (χ3v) is 18.6. The Balaban J connectivity index is 0.000000165. The molecule has 30 nitrogen and oxygen atoms in total. The molecule has 102 heavy (non-hydrogen) atoms. The molecule has 13 rings (SSSR count). The minimum atomic E-state index is -0.869. The number of nitro benzene ring substituents is 1. The Kier molecular flexibility index (Phi) is 25.7. The number of aromatic nitrogens is 12. The first-order valence-electron chi connectivity index (χ1n) is 33.0. The van der Waals surface area contributed by atoms with E-state index in [0.29, 0.717) is 68.3 Å². The van der Waals surface area contributed by atoms with Crippen molar-refractivity contribution in [2.24, 2.45) is 0 Å². The summed E-state index contributed by atoms with van der Waals surface area (Å²) in [7, 11) is 0. The lowest BCUT2D eigenvalue weighted by Gasteiger charge is -2.28. The normalized spacial score (nSPS) is 17.9. The molecule has 36 heteroatoms. The number of hydrogen-bond acceptors (Lipinski definition) is 25. The highest BCUT2D eigenvalue weighted by Crippen LogP contribution is 2.37. The Bertz CT molecular complexity index is 4260. The van der Waals surface area contributed by atoms with Gasteiger partial charge in [0.05, 0.1) is 79.4 Å². The van der Waals surface area contributed by atoms with Crippen LogP contribution in [0.25, 0.3) is 43.9 Å². The average Bonchev–Trinajstić information content (AvgIpc) is 1.64. The van der Waals surface area contributed by atoms with Crippen LogP contribution >= 0.6 is 22.7 Å². The van der Waals surface area contributed by atoms with E-state index in [2.05, 4.69) is 65.9 Å². The number of pyridine rings is 2. The fourth-order valence-electron chi connectivity index (χ4n) is 11.6. The molecule has 10 heterocycles. The number of carbonyl (C=O) groups is 4. The van der Waals surface area contributed by atoms with Crippen LogP contribution in [-0.4, -0.2) is 203 Å².